The molecule has 0 bridgehead atoms. The fourth-order valence-corrected chi connectivity index (χ4v) is 1.65. The average molecular weight is 296 g/mol. The van der Waals surface area contributed by atoms with Gasteiger partial charge in [-0.15, -0.1) is 25.6 Å². The van der Waals surface area contributed by atoms with Crippen LogP contribution in [0.1, 0.15) is 25.0 Å². The molecule has 1 aromatic rings. The van der Waals surface area contributed by atoms with Crippen molar-refractivity contribution in [1.29, 1.82) is 0 Å². The molecule has 110 valence electrons. The molecule has 0 radical (unpaired) electrons. The molecule has 1 nitrogen and oxygen atoms in total. The van der Waals surface area contributed by atoms with Gasteiger partial charge in [0.25, 0.3) is 0 Å². The Balaban J connectivity index is 0. The van der Waals surface area contributed by atoms with E-state index in [1.807, 2.05) is 13.8 Å². The molecule has 0 fully saturated rings. The van der Waals surface area contributed by atoms with Gasteiger partial charge in [-0.3, -0.25) is 0 Å². The summed E-state index contributed by atoms with van der Waals surface area (Å²) in [5, 5.41) is 3.17. The van der Waals surface area contributed by atoms with Gasteiger partial charge < -0.3 is 5.32 Å². The van der Waals surface area contributed by atoms with E-state index in [1.165, 1.54) is 12.1 Å². The molecule has 0 aliphatic rings. The first-order valence-electron chi connectivity index (χ1n) is 5.83. The van der Waals surface area contributed by atoms with E-state index in [4.69, 9.17) is 0 Å². The van der Waals surface area contributed by atoms with Gasteiger partial charge in [0.2, 0.25) is 0 Å². The van der Waals surface area contributed by atoms with Crippen molar-refractivity contribution >= 4 is 12.4 Å². The van der Waals surface area contributed by atoms with E-state index in [-0.39, 0.29) is 18.4 Å². The lowest BCUT2D eigenvalue weighted by atomic mass is 10.0. The van der Waals surface area contributed by atoms with Gasteiger partial charge in [-0.2, -0.15) is 13.2 Å². The van der Waals surface area contributed by atoms with E-state index >= 15 is 0 Å². The van der Waals surface area contributed by atoms with Crippen molar-refractivity contribution in [2.45, 2.75) is 32.5 Å². The Morgan fingerprint density at radius 3 is 2.32 bits per heavy atom. The summed E-state index contributed by atoms with van der Waals surface area (Å²) in [4.78, 5) is 0. The second kappa shape index (κ2) is 9.87. The summed E-state index contributed by atoms with van der Waals surface area (Å²) >= 11 is 0. The SMILES string of the molecule is C=C.CCNC(C)Cc1cccc(C(F)(F)F)c1.Cl. The zero-order valence-electron chi connectivity index (χ0n) is 11.3. The Bertz CT molecular complexity index is 353. The summed E-state index contributed by atoms with van der Waals surface area (Å²) in [6, 6.07) is 5.68. The monoisotopic (exact) mass is 295 g/mol. The van der Waals surface area contributed by atoms with Gasteiger partial charge in [-0.05, 0) is 31.5 Å². The molecule has 0 saturated carbocycles. The van der Waals surface area contributed by atoms with Crippen LogP contribution >= 0.6 is 12.4 Å². The Labute approximate surface area is 119 Å². The van der Waals surface area contributed by atoms with E-state index in [2.05, 4.69) is 18.5 Å². The van der Waals surface area contributed by atoms with Crippen LogP contribution in [-0.2, 0) is 12.6 Å². The maximum atomic E-state index is 12.4. The summed E-state index contributed by atoms with van der Waals surface area (Å²) < 4.78 is 37.3. The highest BCUT2D eigenvalue weighted by atomic mass is 35.5. The summed E-state index contributed by atoms with van der Waals surface area (Å²) in [5.74, 6) is 0. The van der Waals surface area contributed by atoms with E-state index in [0.717, 1.165) is 12.6 Å². The number of hydrogen-bond acceptors (Lipinski definition) is 1. The van der Waals surface area contributed by atoms with Crippen molar-refractivity contribution in [1.82, 2.24) is 5.32 Å². The van der Waals surface area contributed by atoms with E-state index in [9.17, 15) is 13.2 Å². The minimum atomic E-state index is -4.25. The molecule has 0 spiro atoms. The number of hydrogen-bond donors (Lipinski definition) is 1. The summed E-state index contributed by atoms with van der Waals surface area (Å²) in [7, 11) is 0. The quantitative estimate of drug-likeness (QED) is 0.808. The number of rotatable bonds is 4. The van der Waals surface area contributed by atoms with Crippen molar-refractivity contribution in [3.05, 3.63) is 48.6 Å². The predicted molar refractivity (Wildman–Crippen MR) is 76.8 cm³/mol. The van der Waals surface area contributed by atoms with Crippen molar-refractivity contribution in [3.63, 3.8) is 0 Å². The van der Waals surface area contributed by atoms with Crippen LogP contribution < -0.4 is 5.32 Å². The zero-order chi connectivity index (χ0) is 14.2. The highest BCUT2D eigenvalue weighted by Gasteiger charge is 2.30. The van der Waals surface area contributed by atoms with Crippen LogP contribution in [0, 0.1) is 0 Å². The van der Waals surface area contributed by atoms with Gasteiger partial charge in [0.15, 0.2) is 0 Å². The van der Waals surface area contributed by atoms with Crippen molar-refractivity contribution in [2.24, 2.45) is 0 Å². The number of nitrogens with one attached hydrogen (secondary N) is 1. The third kappa shape index (κ3) is 7.90. The molecule has 0 aromatic heterocycles. The van der Waals surface area contributed by atoms with Crippen molar-refractivity contribution in [3.8, 4) is 0 Å². The second-order valence-corrected chi connectivity index (χ2v) is 3.86. The van der Waals surface area contributed by atoms with Gasteiger partial charge in [-0.25, -0.2) is 0 Å². The standard InChI is InChI=1S/C12H16F3N.C2H4.ClH/c1-3-16-9(2)7-10-5-4-6-11(8-10)12(13,14)15;1-2;/h4-6,8-9,16H,3,7H2,1-2H3;1-2H2;1H. The fourth-order valence-electron chi connectivity index (χ4n) is 1.65. The third-order valence-corrected chi connectivity index (χ3v) is 2.35. The van der Waals surface area contributed by atoms with Crippen LogP contribution in [-0.4, -0.2) is 12.6 Å². The Morgan fingerprint density at radius 2 is 1.84 bits per heavy atom. The summed E-state index contributed by atoms with van der Waals surface area (Å²) in [6.07, 6.45) is -3.64. The van der Waals surface area contributed by atoms with E-state index in [0.29, 0.717) is 12.0 Å². The largest absolute Gasteiger partial charge is 0.416 e. The lowest BCUT2D eigenvalue weighted by Crippen LogP contribution is -2.27. The molecule has 0 amide bonds. The van der Waals surface area contributed by atoms with Crippen LogP contribution in [0.3, 0.4) is 0 Å². The Hall–Kier alpha value is -1.00. The summed E-state index contributed by atoms with van der Waals surface area (Å²) in [6.45, 7) is 10.8. The maximum Gasteiger partial charge on any atom is 0.416 e. The van der Waals surface area contributed by atoms with Crippen molar-refractivity contribution < 1.29 is 13.2 Å². The molecule has 1 aromatic carbocycles. The molecule has 1 unspecified atom stereocenters. The van der Waals surface area contributed by atoms with E-state index in [1.54, 1.807) is 6.07 Å². The molecular weight excluding hydrogens is 275 g/mol. The topological polar surface area (TPSA) is 12.0 Å². The lowest BCUT2D eigenvalue weighted by molar-refractivity contribution is -0.137. The number of alkyl halides is 3. The molecule has 0 aliphatic carbocycles. The molecule has 5 heteroatoms. The molecule has 0 saturated heterocycles. The molecule has 19 heavy (non-hydrogen) atoms. The van der Waals surface area contributed by atoms with Crippen LogP contribution in [0.2, 0.25) is 0 Å². The molecule has 1 atom stereocenters. The predicted octanol–water partition coefficient (Wildman–Crippen LogP) is 4.47. The van der Waals surface area contributed by atoms with Crippen molar-refractivity contribution in [2.75, 3.05) is 6.54 Å². The van der Waals surface area contributed by atoms with Gasteiger partial charge in [0.1, 0.15) is 0 Å². The minimum absolute atomic E-state index is 0. The lowest BCUT2D eigenvalue weighted by Gasteiger charge is -2.13. The highest BCUT2D eigenvalue weighted by molar-refractivity contribution is 5.85. The molecule has 1 rings (SSSR count). The first-order chi connectivity index (χ1) is 8.43. The smallest absolute Gasteiger partial charge is 0.314 e. The number of likely N-dealkylation sites (N-methyl/N-ethyl adjacent to an activating group) is 1. The molecular formula is C14H21ClF3N. The molecule has 1 N–H and O–H groups in total. The van der Waals surface area contributed by atoms with Gasteiger partial charge in [-0.1, -0.05) is 25.1 Å². The molecule has 0 heterocycles. The Kier molecular flexibility index (Phi) is 10.6. The molecule has 0 aliphatic heterocycles. The van der Waals surface area contributed by atoms with Crippen LogP contribution in [0.5, 0.6) is 0 Å². The van der Waals surface area contributed by atoms with Gasteiger partial charge >= 0.3 is 6.18 Å². The fraction of sp³-hybridized carbons (Fsp3) is 0.429. The summed E-state index contributed by atoms with van der Waals surface area (Å²) in [5.41, 5.74) is 0.136. The number of halogens is 4. The Morgan fingerprint density at radius 1 is 1.26 bits per heavy atom. The first kappa shape index (κ1) is 20.3. The van der Waals surface area contributed by atoms with Crippen LogP contribution in [0.15, 0.2) is 37.4 Å². The van der Waals surface area contributed by atoms with Gasteiger partial charge in [0, 0.05) is 6.04 Å². The third-order valence-electron chi connectivity index (χ3n) is 2.35. The normalized spacial score (nSPS) is 11.8. The number of benzene rings is 1. The van der Waals surface area contributed by atoms with Crippen LogP contribution in [0.4, 0.5) is 13.2 Å². The highest BCUT2D eigenvalue weighted by Crippen LogP contribution is 2.29. The first-order valence-corrected chi connectivity index (χ1v) is 5.83. The van der Waals surface area contributed by atoms with E-state index < -0.39 is 11.7 Å². The van der Waals surface area contributed by atoms with Gasteiger partial charge in [0.05, 0.1) is 5.56 Å². The second-order valence-electron chi connectivity index (χ2n) is 3.86. The minimum Gasteiger partial charge on any atom is -0.314 e. The van der Waals surface area contributed by atoms with Crippen LogP contribution in [0.25, 0.3) is 0 Å². The average Bonchev–Trinajstić information content (AvgIpc) is 2.31. The zero-order valence-corrected chi connectivity index (χ0v) is 12.1. The maximum absolute atomic E-state index is 12.4.